The molecular formula is C31H27Cl2N5O5. The van der Waals surface area contributed by atoms with E-state index >= 15 is 0 Å². The molecule has 0 aliphatic rings. The van der Waals surface area contributed by atoms with Gasteiger partial charge in [0.25, 0.3) is 0 Å². The summed E-state index contributed by atoms with van der Waals surface area (Å²) in [6, 6.07) is 21.3. The van der Waals surface area contributed by atoms with E-state index in [0.717, 1.165) is 16.7 Å². The first kappa shape index (κ1) is 29.8. The summed E-state index contributed by atoms with van der Waals surface area (Å²) < 4.78 is 13.1. The van der Waals surface area contributed by atoms with Crippen LogP contribution in [0.1, 0.15) is 26.3 Å². The Morgan fingerprint density at radius 2 is 1.53 bits per heavy atom. The zero-order valence-electron chi connectivity index (χ0n) is 23.5. The van der Waals surface area contributed by atoms with Gasteiger partial charge in [-0.3, -0.25) is 0 Å². The number of carbonyl (C=O) groups excluding carboxylic acids is 2. The van der Waals surface area contributed by atoms with Crippen molar-refractivity contribution in [3.8, 4) is 28.0 Å². The minimum absolute atomic E-state index is 0.0124. The summed E-state index contributed by atoms with van der Waals surface area (Å²) in [6.07, 6.45) is 0.872. The summed E-state index contributed by atoms with van der Waals surface area (Å²) in [7, 11) is 0. The molecule has 0 atom stereocenters. The molecule has 0 fully saturated rings. The van der Waals surface area contributed by atoms with E-state index in [2.05, 4.69) is 15.5 Å². The Bertz CT molecular complexity index is 1860. The van der Waals surface area contributed by atoms with Crippen LogP contribution >= 0.6 is 23.2 Å². The second-order valence-electron chi connectivity index (χ2n) is 10.6. The number of halogens is 2. The zero-order chi connectivity index (χ0) is 30.7. The number of amides is 1. The van der Waals surface area contributed by atoms with Crippen LogP contribution in [0.3, 0.4) is 0 Å². The molecule has 0 bridgehead atoms. The van der Waals surface area contributed by atoms with Gasteiger partial charge in [0.1, 0.15) is 17.9 Å². The van der Waals surface area contributed by atoms with Gasteiger partial charge in [-0.2, -0.15) is 9.61 Å². The normalized spacial score (nSPS) is 11.4. The van der Waals surface area contributed by atoms with Gasteiger partial charge >= 0.3 is 17.8 Å². The van der Waals surface area contributed by atoms with Gasteiger partial charge in [0.15, 0.2) is 5.65 Å². The van der Waals surface area contributed by atoms with Crippen LogP contribution in [0.25, 0.3) is 27.9 Å². The Morgan fingerprint density at radius 3 is 2.19 bits per heavy atom. The molecule has 12 heteroatoms. The van der Waals surface area contributed by atoms with E-state index in [-0.39, 0.29) is 12.3 Å². The van der Waals surface area contributed by atoms with E-state index in [9.17, 15) is 14.4 Å². The number of aromatic nitrogens is 4. The van der Waals surface area contributed by atoms with Crippen molar-refractivity contribution >= 4 is 40.9 Å². The number of carbonyl (C=O) groups is 2. The van der Waals surface area contributed by atoms with Crippen molar-refractivity contribution in [1.29, 1.82) is 0 Å². The summed E-state index contributed by atoms with van der Waals surface area (Å²) in [5.74, 6) is -0.491. The fraction of sp³-hybridized carbons (Fsp3) is 0.194. The van der Waals surface area contributed by atoms with Crippen molar-refractivity contribution in [2.75, 3.05) is 6.54 Å². The average molecular weight is 620 g/mol. The molecule has 0 radical (unpaired) electrons. The Morgan fingerprint density at radius 1 is 0.907 bits per heavy atom. The highest BCUT2D eigenvalue weighted by Gasteiger charge is 2.21. The number of ether oxygens (including phenoxy) is 2. The van der Waals surface area contributed by atoms with Gasteiger partial charge < -0.3 is 14.8 Å². The number of alkyl carbamates (subject to hydrolysis) is 1. The van der Waals surface area contributed by atoms with Gasteiger partial charge in [0.05, 0.1) is 12.7 Å². The smallest absolute Gasteiger partial charge is 0.408 e. The van der Waals surface area contributed by atoms with Crippen LogP contribution < -0.4 is 15.7 Å². The predicted octanol–water partition coefficient (Wildman–Crippen LogP) is 6.01. The summed E-state index contributed by atoms with van der Waals surface area (Å²) >= 11 is 12.3. The van der Waals surface area contributed by atoms with Crippen LogP contribution in [0, 0.1) is 0 Å². The Kier molecular flexibility index (Phi) is 8.52. The van der Waals surface area contributed by atoms with Crippen molar-refractivity contribution in [2.24, 2.45) is 0 Å². The third-order valence-electron chi connectivity index (χ3n) is 6.19. The highest BCUT2D eigenvalue weighted by Crippen LogP contribution is 2.35. The van der Waals surface area contributed by atoms with Crippen LogP contribution in [0.5, 0.6) is 5.75 Å². The number of esters is 1. The molecule has 2 heterocycles. The van der Waals surface area contributed by atoms with Gasteiger partial charge in [-0.05, 0) is 62.2 Å². The molecule has 0 saturated carbocycles. The maximum atomic E-state index is 13.5. The molecule has 10 nitrogen and oxygen atoms in total. The maximum Gasteiger partial charge on any atom is 0.408 e. The number of nitrogens with zero attached hydrogens (tertiary/aromatic N) is 4. The van der Waals surface area contributed by atoms with Crippen molar-refractivity contribution in [3.05, 3.63) is 105 Å². The Labute approximate surface area is 256 Å². The topological polar surface area (TPSA) is 117 Å². The van der Waals surface area contributed by atoms with E-state index in [4.69, 9.17) is 32.7 Å². The van der Waals surface area contributed by atoms with Crippen molar-refractivity contribution in [3.63, 3.8) is 0 Å². The first-order chi connectivity index (χ1) is 20.5. The van der Waals surface area contributed by atoms with Crippen molar-refractivity contribution in [1.82, 2.24) is 24.7 Å². The summed E-state index contributed by atoms with van der Waals surface area (Å²) in [6.45, 7) is 4.74. The molecule has 3 aromatic carbocycles. The number of para-hydroxylation sites is 1. The summed E-state index contributed by atoms with van der Waals surface area (Å²) in [5, 5.41) is 12.6. The van der Waals surface area contributed by atoms with E-state index in [1.165, 1.54) is 9.20 Å². The lowest BCUT2D eigenvalue weighted by molar-refractivity contribution is -0.133. The lowest BCUT2D eigenvalue weighted by Crippen LogP contribution is -2.36. The third kappa shape index (κ3) is 7.04. The zero-order valence-corrected chi connectivity index (χ0v) is 25.0. The van der Waals surface area contributed by atoms with Crippen LogP contribution in [-0.4, -0.2) is 43.6 Å². The Balaban J connectivity index is 1.48. The molecule has 5 rings (SSSR count). The largest absolute Gasteiger partial charge is 0.444 e. The highest BCUT2D eigenvalue weighted by molar-refractivity contribution is 6.31. The van der Waals surface area contributed by atoms with E-state index in [0.29, 0.717) is 26.8 Å². The van der Waals surface area contributed by atoms with Crippen LogP contribution in [0.2, 0.25) is 10.0 Å². The quantitative estimate of drug-likeness (QED) is 0.175. The van der Waals surface area contributed by atoms with Gasteiger partial charge in [0.2, 0.25) is 0 Å². The molecule has 0 aliphatic carbocycles. The number of rotatable bonds is 7. The van der Waals surface area contributed by atoms with Gasteiger partial charge in [-0.15, -0.1) is 5.10 Å². The molecule has 1 N–H and O–H groups in total. The summed E-state index contributed by atoms with van der Waals surface area (Å²) in [5.41, 5.74) is 2.70. The lowest BCUT2D eigenvalue weighted by atomic mass is 9.97. The van der Waals surface area contributed by atoms with Gasteiger partial charge in [-0.25, -0.2) is 19.1 Å². The number of fused-ring (bicyclic) bond motifs is 1. The van der Waals surface area contributed by atoms with Gasteiger partial charge in [0, 0.05) is 26.7 Å². The molecule has 0 aliphatic heterocycles. The third-order valence-corrected chi connectivity index (χ3v) is 6.70. The standard InChI is InChI=1S/C31H27Cl2N5O5/c1-31(2,3)43-29(40)34-17-26(39)42-25-7-5-4-6-21(25)18-37-30(41)38-28(36-37)27(20-10-14-23(33)15-11-20)24(16-35-38)19-8-12-22(32)13-9-19/h4-16H,17-18H2,1-3H3,(H,34,40). The average Bonchev–Trinajstić information content (AvgIpc) is 3.27. The highest BCUT2D eigenvalue weighted by atomic mass is 35.5. The van der Waals surface area contributed by atoms with Crippen LogP contribution in [-0.2, 0) is 16.1 Å². The SMILES string of the molecule is CC(C)(C)OC(=O)NCC(=O)Oc1ccccc1Cn1nc2c(-c3ccc(Cl)cc3)c(-c3ccc(Cl)cc3)cnn2c1=O. The minimum atomic E-state index is -0.740. The second kappa shape index (κ2) is 12.3. The molecule has 220 valence electrons. The minimum Gasteiger partial charge on any atom is -0.444 e. The molecule has 0 saturated heterocycles. The molecule has 43 heavy (non-hydrogen) atoms. The molecule has 1 amide bonds. The van der Waals surface area contributed by atoms with E-state index in [1.807, 2.05) is 24.3 Å². The predicted molar refractivity (Wildman–Crippen MR) is 164 cm³/mol. The Hall–Kier alpha value is -4.67. The monoisotopic (exact) mass is 619 g/mol. The van der Waals surface area contributed by atoms with Crippen molar-refractivity contribution in [2.45, 2.75) is 32.9 Å². The molecular weight excluding hydrogens is 593 g/mol. The summed E-state index contributed by atoms with van der Waals surface area (Å²) in [4.78, 5) is 37.9. The molecule has 2 aromatic heterocycles. The molecule has 5 aromatic rings. The van der Waals surface area contributed by atoms with E-state index < -0.39 is 29.9 Å². The number of hydrogen-bond acceptors (Lipinski definition) is 7. The fourth-order valence-corrected chi connectivity index (χ4v) is 4.58. The van der Waals surface area contributed by atoms with Gasteiger partial charge in [-0.1, -0.05) is 65.7 Å². The first-order valence-corrected chi connectivity index (χ1v) is 14.0. The first-order valence-electron chi connectivity index (χ1n) is 13.2. The molecule has 0 spiro atoms. The van der Waals surface area contributed by atoms with Crippen LogP contribution in [0.4, 0.5) is 4.79 Å². The number of hydrogen-bond donors (Lipinski definition) is 1. The van der Waals surface area contributed by atoms with E-state index in [1.54, 1.807) is 75.5 Å². The lowest BCUT2D eigenvalue weighted by Gasteiger charge is -2.19. The number of nitrogens with one attached hydrogen (secondary N) is 1. The van der Waals surface area contributed by atoms with Crippen LogP contribution in [0.15, 0.2) is 83.8 Å². The second-order valence-corrected chi connectivity index (χ2v) is 11.4. The maximum absolute atomic E-state index is 13.5. The fourth-order valence-electron chi connectivity index (χ4n) is 4.32. The molecule has 0 unspecified atom stereocenters. The number of benzene rings is 3. The van der Waals surface area contributed by atoms with Crippen molar-refractivity contribution < 1.29 is 19.1 Å².